The van der Waals surface area contributed by atoms with E-state index in [4.69, 9.17) is 4.74 Å². The van der Waals surface area contributed by atoms with E-state index in [-0.39, 0.29) is 5.97 Å². The van der Waals surface area contributed by atoms with Crippen LogP contribution in [0.25, 0.3) is 0 Å². The molecule has 1 heterocycles. The number of aromatic nitrogens is 2. The van der Waals surface area contributed by atoms with Crippen molar-refractivity contribution in [3.05, 3.63) is 24.3 Å². The molecule has 1 rings (SSSR count). The second kappa shape index (κ2) is 4.54. The molecule has 1 aromatic rings. The monoisotopic (exact) mass is 180 g/mol. The van der Waals surface area contributed by atoms with Gasteiger partial charge in [-0.1, -0.05) is 13.8 Å². The minimum absolute atomic E-state index is 0.341. The fourth-order valence-corrected chi connectivity index (χ4v) is 0.730. The number of carbonyl (C=O) groups is 1. The first-order valence-corrected chi connectivity index (χ1v) is 4.12. The van der Waals surface area contributed by atoms with Crippen molar-refractivity contribution in [2.45, 2.75) is 13.8 Å². The summed E-state index contributed by atoms with van der Waals surface area (Å²) in [5.41, 5.74) is 0.392. The van der Waals surface area contributed by atoms with Gasteiger partial charge in [-0.2, -0.15) is 0 Å². The Hall–Kier alpha value is -1.45. The van der Waals surface area contributed by atoms with Crippen molar-refractivity contribution in [1.29, 1.82) is 0 Å². The summed E-state index contributed by atoms with van der Waals surface area (Å²) in [5, 5.41) is 0. The zero-order chi connectivity index (χ0) is 9.68. The molecule has 0 spiro atoms. The normalized spacial score (nSPS) is 10.1. The standard InChI is InChI=1S/C9H12N2O2/c1-7(2)5-13-9(12)8-3-10-6-11-4-8/h3-4,6-7H,5H2,1-2H3. The Balaban J connectivity index is 2.50. The summed E-state index contributed by atoms with van der Waals surface area (Å²) in [4.78, 5) is 18.7. The average Bonchev–Trinajstić information content (AvgIpc) is 2.15. The van der Waals surface area contributed by atoms with Gasteiger partial charge in [-0.05, 0) is 5.92 Å². The van der Waals surface area contributed by atoms with Crippen molar-refractivity contribution in [1.82, 2.24) is 9.97 Å². The van der Waals surface area contributed by atoms with Gasteiger partial charge in [0.1, 0.15) is 6.33 Å². The van der Waals surface area contributed by atoms with Crippen LogP contribution in [0.1, 0.15) is 24.2 Å². The van der Waals surface area contributed by atoms with E-state index in [1.807, 2.05) is 13.8 Å². The molecule has 0 radical (unpaired) electrons. The Bertz CT molecular complexity index is 272. The molecular formula is C9H12N2O2. The van der Waals surface area contributed by atoms with E-state index < -0.39 is 0 Å². The number of hydrogen-bond donors (Lipinski definition) is 0. The fourth-order valence-electron chi connectivity index (χ4n) is 0.730. The maximum atomic E-state index is 11.2. The molecule has 0 saturated heterocycles. The quantitative estimate of drug-likeness (QED) is 0.658. The first-order chi connectivity index (χ1) is 6.20. The average molecular weight is 180 g/mol. The minimum atomic E-state index is -0.366. The van der Waals surface area contributed by atoms with E-state index >= 15 is 0 Å². The molecular weight excluding hydrogens is 168 g/mol. The van der Waals surface area contributed by atoms with E-state index in [0.717, 1.165) is 0 Å². The molecule has 0 fully saturated rings. The molecule has 0 amide bonds. The first-order valence-electron chi connectivity index (χ1n) is 4.12. The summed E-state index contributed by atoms with van der Waals surface area (Å²) in [5.74, 6) is -0.0251. The van der Waals surface area contributed by atoms with E-state index in [0.29, 0.717) is 18.1 Å². The first kappa shape index (κ1) is 9.64. The zero-order valence-corrected chi connectivity index (χ0v) is 7.73. The molecule has 0 unspecified atom stereocenters. The summed E-state index contributed by atoms with van der Waals surface area (Å²) >= 11 is 0. The van der Waals surface area contributed by atoms with Crippen LogP contribution in [-0.2, 0) is 4.74 Å². The summed E-state index contributed by atoms with van der Waals surface area (Å²) in [6.45, 7) is 4.39. The highest BCUT2D eigenvalue weighted by atomic mass is 16.5. The molecule has 13 heavy (non-hydrogen) atoms. The molecule has 0 bridgehead atoms. The van der Waals surface area contributed by atoms with Crippen molar-refractivity contribution in [2.75, 3.05) is 6.61 Å². The number of rotatable bonds is 3. The van der Waals surface area contributed by atoms with Gasteiger partial charge in [-0.15, -0.1) is 0 Å². The number of ether oxygens (including phenoxy) is 1. The Labute approximate surface area is 77.0 Å². The summed E-state index contributed by atoms with van der Waals surface area (Å²) < 4.78 is 4.97. The van der Waals surface area contributed by atoms with Gasteiger partial charge in [0.25, 0.3) is 0 Å². The van der Waals surface area contributed by atoms with Gasteiger partial charge in [0.05, 0.1) is 12.2 Å². The largest absolute Gasteiger partial charge is 0.462 e. The Kier molecular flexibility index (Phi) is 3.37. The van der Waals surface area contributed by atoms with E-state index in [1.165, 1.54) is 18.7 Å². The van der Waals surface area contributed by atoms with Crippen molar-refractivity contribution in [3.63, 3.8) is 0 Å². The summed E-state index contributed by atoms with van der Waals surface area (Å²) in [6.07, 6.45) is 4.25. The zero-order valence-electron chi connectivity index (χ0n) is 7.73. The highest BCUT2D eigenvalue weighted by molar-refractivity contribution is 5.88. The van der Waals surface area contributed by atoms with Crippen molar-refractivity contribution in [3.8, 4) is 0 Å². The minimum Gasteiger partial charge on any atom is -0.462 e. The molecule has 1 aromatic heterocycles. The molecule has 0 aromatic carbocycles. The van der Waals surface area contributed by atoms with Gasteiger partial charge in [0.15, 0.2) is 0 Å². The number of nitrogens with zero attached hydrogens (tertiary/aromatic N) is 2. The molecule has 4 heteroatoms. The van der Waals surface area contributed by atoms with Gasteiger partial charge in [-0.25, -0.2) is 14.8 Å². The van der Waals surface area contributed by atoms with Crippen LogP contribution in [-0.4, -0.2) is 22.5 Å². The van der Waals surface area contributed by atoms with Crippen molar-refractivity contribution < 1.29 is 9.53 Å². The highest BCUT2D eigenvalue weighted by Crippen LogP contribution is 1.99. The lowest BCUT2D eigenvalue weighted by Crippen LogP contribution is -2.10. The third kappa shape index (κ3) is 3.19. The van der Waals surface area contributed by atoms with Crippen LogP contribution in [0.5, 0.6) is 0 Å². The van der Waals surface area contributed by atoms with Crippen LogP contribution in [0.4, 0.5) is 0 Å². The van der Waals surface area contributed by atoms with Crippen molar-refractivity contribution in [2.24, 2.45) is 5.92 Å². The van der Waals surface area contributed by atoms with Crippen LogP contribution in [0.15, 0.2) is 18.7 Å². The third-order valence-electron chi connectivity index (χ3n) is 1.34. The van der Waals surface area contributed by atoms with Gasteiger partial charge < -0.3 is 4.74 Å². The van der Waals surface area contributed by atoms with Gasteiger partial charge in [0.2, 0.25) is 0 Å². The van der Waals surface area contributed by atoms with Crippen LogP contribution >= 0.6 is 0 Å². The molecule has 0 aliphatic carbocycles. The Morgan fingerprint density at radius 1 is 1.46 bits per heavy atom. The lowest BCUT2D eigenvalue weighted by Gasteiger charge is -2.05. The number of carbonyl (C=O) groups excluding carboxylic acids is 1. The maximum absolute atomic E-state index is 11.2. The lowest BCUT2D eigenvalue weighted by atomic mass is 10.2. The predicted molar refractivity (Wildman–Crippen MR) is 47.2 cm³/mol. The van der Waals surface area contributed by atoms with E-state index in [9.17, 15) is 4.79 Å². The molecule has 0 N–H and O–H groups in total. The van der Waals surface area contributed by atoms with Crippen LogP contribution in [0, 0.1) is 5.92 Å². The van der Waals surface area contributed by atoms with E-state index in [1.54, 1.807) is 0 Å². The molecule has 70 valence electrons. The second-order valence-corrected chi connectivity index (χ2v) is 3.12. The van der Waals surface area contributed by atoms with E-state index in [2.05, 4.69) is 9.97 Å². The Morgan fingerprint density at radius 2 is 2.08 bits per heavy atom. The number of hydrogen-bond acceptors (Lipinski definition) is 4. The molecule has 0 atom stereocenters. The van der Waals surface area contributed by atoms with Crippen molar-refractivity contribution >= 4 is 5.97 Å². The molecule has 0 saturated carbocycles. The lowest BCUT2D eigenvalue weighted by molar-refractivity contribution is 0.0458. The molecule has 4 nitrogen and oxygen atoms in total. The topological polar surface area (TPSA) is 52.1 Å². The second-order valence-electron chi connectivity index (χ2n) is 3.12. The summed E-state index contributed by atoms with van der Waals surface area (Å²) in [7, 11) is 0. The number of esters is 1. The van der Waals surface area contributed by atoms with Crippen LogP contribution < -0.4 is 0 Å². The third-order valence-corrected chi connectivity index (χ3v) is 1.34. The Morgan fingerprint density at radius 3 is 2.62 bits per heavy atom. The van der Waals surface area contributed by atoms with Gasteiger partial charge in [-0.3, -0.25) is 0 Å². The van der Waals surface area contributed by atoms with Gasteiger partial charge >= 0.3 is 5.97 Å². The highest BCUT2D eigenvalue weighted by Gasteiger charge is 2.07. The van der Waals surface area contributed by atoms with Gasteiger partial charge in [0, 0.05) is 12.4 Å². The van der Waals surface area contributed by atoms with Crippen LogP contribution in [0.2, 0.25) is 0 Å². The molecule has 0 aliphatic heterocycles. The predicted octanol–water partition coefficient (Wildman–Crippen LogP) is 1.29. The summed E-state index contributed by atoms with van der Waals surface area (Å²) in [6, 6.07) is 0. The SMILES string of the molecule is CC(C)COC(=O)c1cncnc1. The maximum Gasteiger partial charge on any atom is 0.341 e. The molecule has 0 aliphatic rings. The van der Waals surface area contributed by atoms with Crippen LogP contribution in [0.3, 0.4) is 0 Å². The fraction of sp³-hybridized carbons (Fsp3) is 0.444. The smallest absolute Gasteiger partial charge is 0.341 e.